The molecule has 1 aromatic heterocycles. The lowest BCUT2D eigenvalue weighted by Crippen LogP contribution is -2.29. The van der Waals surface area contributed by atoms with Crippen molar-refractivity contribution in [2.24, 2.45) is 5.92 Å². The Morgan fingerprint density at radius 2 is 1.77 bits per heavy atom. The topological polar surface area (TPSA) is 98.2 Å². The molecule has 1 amide bonds. The van der Waals surface area contributed by atoms with Crippen LogP contribution in [0.25, 0.3) is 16.0 Å². The van der Waals surface area contributed by atoms with Gasteiger partial charge in [-0.3, -0.25) is 14.5 Å². The predicted octanol–water partition coefficient (Wildman–Crippen LogP) is 7.37. The Labute approximate surface area is 255 Å². The second-order valence-corrected chi connectivity index (χ2v) is 12.0. The molecule has 1 N–H and O–H groups in total. The number of amides is 1. The average Bonchev–Trinajstić information content (AvgIpc) is 3.51. The van der Waals surface area contributed by atoms with Crippen molar-refractivity contribution >= 4 is 44.1 Å². The van der Waals surface area contributed by atoms with E-state index >= 15 is 0 Å². The molecule has 0 saturated carbocycles. The van der Waals surface area contributed by atoms with Gasteiger partial charge in [0.05, 0.1) is 42.2 Å². The van der Waals surface area contributed by atoms with Crippen LogP contribution < -0.4 is 19.1 Å². The molecule has 1 aliphatic rings. The molecule has 2 heterocycles. The normalized spacial score (nSPS) is 16.3. The molecule has 0 radical (unpaired) electrons. The number of benzene rings is 3. The minimum atomic E-state index is -0.951. The van der Waals surface area contributed by atoms with E-state index in [0.29, 0.717) is 52.6 Å². The number of anilines is 1. The fourth-order valence-electron chi connectivity index (χ4n) is 5.20. The number of aliphatic hydroxyl groups excluding tert-OH is 1. The summed E-state index contributed by atoms with van der Waals surface area (Å²) in [4.78, 5) is 33.7. The number of carbonyl (C=O) groups excluding carboxylic acids is 2. The molecular formula is C34H36N2O6S. The maximum atomic E-state index is 13.8. The molecule has 1 unspecified atom stereocenters. The minimum Gasteiger partial charge on any atom is -0.507 e. The number of carbonyl (C=O) groups is 2. The Morgan fingerprint density at radius 1 is 1.02 bits per heavy atom. The van der Waals surface area contributed by atoms with E-state index in [0.717, 1.165) is 27.8 Å². The predicted molar refractivity (Wildman–Crippen MR) is 169 cm³/mol. The van der Waals surface area contributed by atoms with Gasteiger partial charge in [-0.15, -0.1) is 0 Å². The van der Waals surface area contributed by atoms with Crippen LogP contribution in [0.1, 0.15) is 55.5 Å². The summed E-state index contributed by atoms with van der Waals surface area (Å²) in [5.41, 5.74) is 3.76. The molecular weight excluding hydrogens is 564 g/mol. The minimum absolute atomic E-state index is 0.0294. The van der Waals surface area contributed by atoms with Gasteiger partial charge in [0.25, 0.3) is 5.78 Å². The number of aryl methyl sites for hydroxylation is 2. The Kier molecular flexibility index (Phi) is 8.73. The van der Waals surface area contributed by atoms with Crippen molar-refractivity contribution in [3.63, 3.8) is 0 Å². The molecule has 1 saturated heterocycles. The van der Waals surface area contributed by atoms with Crippen molar-refractivity contribution < 1.29 is 28.9 Å². The number of ether oxygens (including phenoxy) is 3. The quantitative estimate of drug-likeness (QED) is 0.115. The lowest BCUT2D eigenvalue weighted by molar-refractivity contribution is -0.132. The number of fused-ring (bicyclic) bond motifs is 1. The van der Waals surface area contributed by atoms with Gasteiger partial charge in [0, 0.05) is 5.56 Å². The number of rotatable bonds is 10. The van der Waals surface area contributed by atoms with E-state index in [1.54, 1.807) is 49.6 Å². The summed E-state index contributed by atoms with van der Waals surface area (Å²) in [5, 5.41) is 11.9. The van der Waals surface area contributed by atoms with E-state index in [9.17, 15) is 14.7 Å². The number of Topliss-reactive ketones (excluding diaryl/α,β-unsaturated/α-hetero) is 1. The molecule has 1 fully saturated rings. The third-order valence-electron chi connectivity index (χ3n) is 7.37. The van der Waals surface area contributed by atoms with Gasteiger partial charge in [0.1, 0.15) is 11.5 Å². The van der Waals surface area contributed by atoms with Gasteiger partial charge < -0.3 is 19.3 Å². The van der Waals surface area contributed by atoms with Gasteiger partial charge >= 0.3 is 5.91 Å². The summed E-state index contributed by atoms with van der Waals surface area (Å²) in [6.07, 6.45) is 0.881. The molecule has 1 aliphatic heterocycles. The Balaban J connectivity index is 1.68. The summed E-state index contributed by atoms with van der Waals surface area (Å²) in [6, 6.07) is 15.2. The molecule has 0 spiro atoms. The first-order chi connectivity index (χ1) is 20.6. The standard InChI is InChI=1S/C34H36N2O6S/c1-7-41-26-18-23(10-13-25(26)42-15-14-19(2)3)30-28(31(37)22-8-11-24(40-6)12-9-22)32(38)33(39)36(30)34-35-29-21(5)16-20(4)17-27(29)43-34/h8-13,16-19,30,37H,7,14-15H2,1-6H3. The monoisotopic (exact) mass is 600 g/mol. The molecule has 0 bridgehead atoms. The average molecular weight is 601 g/mol. The smallest absolute Gasteiger partial charge is 0.301 e. The highest BCUT2D eigenvalue weighted by molar-refractivity contribution is 7.22. The Morgan fingerprint density at radius 3 is 2.44 bits per heavy atom. The molecule has 5 rings (SSSR count). The molecule has 1 atom stereocenters. The number of nitrogens with zero attached hydrogens (tertiary/aromatic N) is 2. The van der Waals surface area contributed by atoms with Crippen LogP contribution >= 0.6 is 11.3 Å². The van der Waals surface area contributed by atoms with Crippen molar-refractivity contribution in [3.05, 3.63) is 82.4 Å². The highest BCUT2D eigenvalue weighted by Gasteiger charge is 2.48. The number of aliphatic hydroxyl groups is 1. The van der Waals surface area contributed by atoms with Crippen LogP contribution in [0.5, 0.6) is 17.2 Å². The lowest BCUT2D eigenvalue weighted by Gasteiger charge is -2.24. The van der Waals surface area contributed by atoms with E-state index in [1.807, 2.05) is 32.9 Å². The summed E-state index contributed by atoms with van der Waals surface area (Å²) < 4.78 is 18.2. The van der Waals surface area contributed by atoms with Crippen LogP contribution in [0, 0.1) is 19.8 Å². The highest BCUT2D eigenvalue weighted by Crippen LogP contribution is 2.46. The van der Waals surface area contributed by atoms with E-state index in [4.69, 9.17) is 19.2 Å². The van der Waals surface area contributed by atoms with Gasteiger partial charge in [-0.05, 0) is 92.3 Å². The maximum Gasteiger partial charge on any atom is 0.301 e. The molecule has 8 nitrogen and oxygen atoms in total. The van der Waals surface area contributed by atoms with Crippen LogP contribution in [-0.4, -0.2) is 42.1 Å². The molecule has 0 aliphatic carbocycles. The first-order valence-electron chi connectivity index (χ1n) is 14.4. The van der Waals surface area contributed by atoms with Gasteiger partial charge in [-0.1, -0.05) is 37.3 Å². The summed E-state index contributed by atoms with van der Waals surface area (Å²) in [6.45, 7) is 11.0. The fraction of sp³-hybridized carbons (Fsp3) is 0.324. The number of thiazole rings is 1. The van der Waals surface area contributed by atoms with Crippen molar-refractivity contribution in [2.45, 2.75) is 47.1 Å². The van der Waals surface area contributed by atoms with E-state index < -0.39 is 17.7 Å². The van der Waals surface area contributed by atoms with Gasteiger partial charge in [-0.25, -0.2) is 4.98 Å². The zero-order valence-corrected chi connectivity index (χ0v) is 26.1. The van der Waals surface area contributed by atoms with Gasteiger partial charge in [-0.2, -0.15) is 0 Å². The molecule has 4 aromatic rings. The van der Waals surface area contributed by atoms with E-state index in [2.05, 4.69) is 13.8 Å². The summed E-state index contributed by atoms with van der Waals surface area (Å²) in [7, 11) is 1.55. The third-order valence-corrected chi connectivity index (χ3v) is 8.37. The zero-order chi connectivity index (χ0) is 30.8. The van der Waals surface area contributed by atoms with Crippen LogP contribution in [0.4, 0.5) is 5.13 Å². The molecule has 43 heavy (non-hydrogen) atoms. The number of methoxy groups -OCH3 is 1. The van der Waals surface area contributed by atoms with E-state index in [-0.39, 0.29) is 11.3 Å². The SMILES string of the molecule is CCOc1cc(C2C(=C(O)c3ccc(OC)cc3)C(=O)C(=O)N2c2nc3c(C)cc(C)cc3s2)ccc1OCCC(C)C. The Hall–Kier alpha value is -4.37. The fourth-order valence-corrected chi connectivity index (χ4v) is 6.37. The van der Waals surface area contributed by atoms with Crippen LogP contribution in [-0.2, 0) is 9.59 Å². The molecule has 9 heteroatoms. The second kappa shape index (κ2) is 12.5. The van der Waals surface area contributed by atoms with Crippen molar-refractivity contribution in [1.82, 2.24) is 4.98 Å². The maximum absolute atomic E-state index is 13.8. The summed E-state index contributed by atoms with van der Waals surface area (Å²) in [5.74, 6) is 0.317. The van der Waals surface area contributed by atoms with Crippen molar-refractivity contribution in [1.29, 1.82) is 0 Å². The third kappa shape index (κ3) is 5.95. The van der Waals surface area contributed by atoms with Crippen LogP contribution in [0.2, 0.25) is 0 Å². The van der Waals surface area contributed by atoms with Crippen molar-refractivity contribution in [3.8, 4) is 17.2 Å². The molecule has 224 valence electrons. The summed E-state index contributed by atoms with van der Waals surface area (Å²) >= 11 is 1.34. The lowest BCUT2D eigenvalue weighted by atomic mass is 9.95. The van der Waals surface area contributed by atoms with Crippen LogP contribution in [0.3, 0.4) is 0 Å². The van der Waals surface area contributed by atoms with E-state index in [1.165, 1.54) is 16.2 Å². The van der Waals surface area contributed by atoms with Crippen LogP contribution in [0.15, 0.2) is 60.2 Å². The largest absolute Gasteiger partial charge is 0.507 e. The first-order valence-corrected chi connectivity index (χ1v) is 15.2. The highest BCUT2D eigenvalue weighted by atomic mass is 32.1. The zero-order valence-electron chi connectivity index (χ0n) is 25.3. The second-order valence-electron chi connectivity index (χ2n) is 11.0. The van der Waals surface area contributed by atoms with Gasteiger partial charge in [0.2, 0.25) is 0 Å². The number of hydrogen-bond donors (Lipinski definition) is 1. The number of hydrogen-bond acceptors (Lipinski definition) is 8. The Bertz CT molecular complexity index is 1710. The molecule has 3 aromatic carbocycles. The van der Waals surface area contributed by atoms with Crippen molar-refractivity contribution in [2.75, 3.05) is 25.2 Å². The number of ketones is 1. The van der Waals surface area contributed by atoms with Gasteiger partial charge in [0.15, 0.2) is 16.6 Å². The first kappa shape index (κ1) is 30.1. The number of aromatic nitrogens is 1.